The fraction of sp³-hybridized carbons (Fsp3) is 0.368. The lowest BCUT2D eigenvalue weighted by Gasteiger charge is -2.23. The van der Waals surface area contributed by atoms with Crippen LogP contribution in [0, 0.1) is 17.1 Å². The quantitative estimate of drug-likeness (QED) is 0.718. The summed E-state index contributed by atoms with van der Waals surface area (Å²) in [6.07, 6.45) is 3.20. The summed E-state index contributed by atoms with van der Waals surface area (Å²) in [5, 5.41) is 11.6. The molecular formula is C19H24FN3. The fourth-order valence-electron chi connectivity index (χ4n) is 2.52. The average Bonchev–Trinajstić information content (AvgIpc) is 2.56. The van der Waals surface area contributed by atoms with E-state index in [1.807, 2.05) is 24.3 Å². The van der Waals surface area contributed by atoms with Gasteiger partial charge in [0.1, 0.15) is 5.82 Å². The van der Waals surface area contributed by atoms with E-state index in [9.17, 15) is 4.39 Å². The fourth-order valence-corrected chi connectivity index (χ4v) is 2.52. The van der Waals surface area contributed by atoms with Gasteiger partial charge in [0.15, 0.2) is 0 Å². The van der Waals surface area contributed by atoms with Crippen molar-refractivity contribution in [1.29, 1.82) is 5.41 Å². The van der Waals surface area contributed by atoms with Crippen molar-refractivity contribution in [1.82, 2.24) is 10.3 Å². The van der Waals surface area contributed by atoms with Crippen molar-refractivity contribution in [2.45, 2.75) is 39.3 Å². The molecule has 0 saturated carbocycles. The van der Waals surface area contributed by atoms with Crippen molar-refractivity contribution in [2.75, 3.05) is 0 Å². The van der Waals surface area contributed by atoms with Crippen LogP contribution >= 0.6 is 0 Å². The molecule has 0 fully saturated rings. The van der Waals surface area contributed by atoms with Crippen molar-refractivity contribution in [3.05, 3.63) is 65.7 Å². The topological polar surface area (TPSA) is 48.8 Å². The number of rotatable bonds is 8. The molecule has 0 bridgehead atoms. The van der Waals surface area contributed by atoms with Gasteiger partial charge in [-0.1, -0.05) is 38.1 Å². The van der Waals surface area contributed by atoms with Gasteiger partial charge in [-0.3, -0.25) is 4.98 Å². The highest BCUT2D eigenvalue weighted by Gasteiger charge is 2.15. The average molecular weight is 313 g/mol. The van der Waals surface area contributed by atoms with Crippen LogP contribution in [0.3, 0.4) is 0 Å². The van der Waals surface area contributed by atoms with Crippen LogP contribution in [-0.2, 0) is 6.54 Å². The van der Waals surface area contributed by atoms with Crippen molar-refractivity contribution in [2.24, 2.45) is 5.92 Å². The zero-order chi connectivity index (χ0) is 16.7. The maximum atomic E-state index is 13.7. The van der Waals surface area contributed by atoms with E-state index >= 15 is 0 Å². The molecule has 0 aliphatic rings. The summed E-state index contributed by atoms with van der Waals surface area (Å²) in [6.45, 7) is 4.79. The van der Waals surface area contributed by atoms with Crippen LogP contribution in [0.2, 0.25) is 0 Å². The molecule has 0 aliphatic carbocycles. The van der Waals surface area contributed by atoms with Crippen LogP contribution in [0.15, 0.2) is 48.7 Å². The SMILES string of the molecule is CC(C)C(CCC(=N)c1ccccn1)NCc1ccccc1F. The number of hydrogen-bond donors (Lipinski definition) is 2. The smallest absolute Gasteiger partial charge is 0.127 e. The van der Waals surface area contributed by atoms with E-state index in [-0.39, 0.29) is 11.9 Å². The van der Waals surface area contributed by atoms with Crippen LogP contribution in [0.25, 0.3) is 0 Å². The second-order valence-corrected chi connectivity index (χ2v) is 6.06. The Bertz CT molecular complexity index is 626. The Balaban J connectivity index is 1.89. The molecule has 23 heavy (non-hydrogen) atoms. The first-order chi connectivity index (χ1) is 11.1. The van der Waals surface area contributed by atoms with Gasteiger partial charge in [-0.15, -0.1) is 0 Å². The largest absolute Gasteiger partial charge is 0.310 e. The Morgan fingerprint density at radius 3 is 2.57 bits per heavy atom. The summed E-state index contributed by atoms with van der Waals surface area (Å²) in [7, 11) is 0. The minimum atomic E-state index is -0.177. The van der Waals surface area contributed by atoms with Crippen molar-refractivity contribution in [3.63, 3.8) is 0 Å². The molecule has 0 aliphatic heterocycles. The first kappa shape index (κ1) is 17.3. The molecule has 122 valence electrons. The van der Waals surface area contributed by atoms with E-state index in [1.54, 1.807) is 18.3 Å². The number of pyridine rings is 1. The van der Waals surface area contributed by atoms with Crippen LogP contribution in [0.4, 0.5) is 4.39 Å². The number of nitrogens with zero attached hydrogens (tertiary/aromatic N) is 1. The van der Waals surface area contributed by atoms with Crippen LogP contribution in [-0.4, -0.2) is 16.7 Å². The predicted molar refractivity (Wildman–Crippen MR) is 92.2 cm³/mol. The normalized spacial score (nSPS) is 12.3. The third-order valence-corrected chi connectivity index (χ3v) is 4.00. The summed E-state index contributed by atoms with van der Waals surface area (Å²) in [5.41, 5.74) is 1.95. The highest BCUT2D eigenvalue weighted by molar-refractivity contribution is 5.96. The molecule has 3 nitrogen and oxygen atoms in total. The summed E-state index contributed by atoms with van der Waals surface area (Å²) in [4.78, 5) is 4.21. The number of aromatic nitrogens is 1. The molecule has 1 heterocycles. The van der Waals surface area contributed by atoms with E-state index in [4.69, 9.17) is 5.41 Å². The number of nitrogens with one attached hydrogen (secondary N) is 2. The monoisotopic (exact) mass is 313 g/mol. The van der Waals surface area contributed by atoms with E-state index < -0.39 is 0 Å². The zero-order valence-electron chi connectivity index (χ0n) is 13.7. The molecule has 0 saturated heterocycles. The van der Waals surface area contributed by atoms with E-state index in [0.717, 1.165) is 12.1 Å². The van der Waals surface area contributed by atoms with Gasteiger partial charge < -0.3 is 10.7 Å². The van der Waals surface area contributed by atoms with Gasteiger partial charge in [-0.05, 0) is 37.0 Å². The van der Waals surface area contributed by atoms with Crippen LogP contribution < -0.4 is 5.32 Å². The molecule has 0 spiro atoms. The molecule has 2 aromatic rings. The van der Waals surface area contributed by atoms with Crippen LogP contribution in [0.5, 0.6) is 0 Å². The molecule has 1 unspecified atom stereocenters. The minimum absolute atomic E-state index is 0.177. The lowest BCUT2D eigenvalue weighted by Crippen LogP contribution is -2.34. The van der Waals surface area contributed by atoms with Gasteiger partial charge in [-0.2, -0.15) is 0 Å². The Morgan fingerprint density at radius 2 is 1.91 bits per heavy atom. The van der Waals surface area contributed by atoms with Crippen molar-refractivity contribution < 1.29 is 4.39 Å². The van der Waals surface area contributed by atoms with E-state index in [2.05, 4.69) is 24.1 Å². The van der Waals surface area contributed by atoms with Gasteiger partial charge in [0.05, 0.1) is 11.4 Å². The highest BCUT2D eigenvalue weighted by Crippen LogP contribution is 2.13. The molecule has 0 amide bonds. The third-order valence-electron chi connectivity index (χ3n) is 4.00. The van der Waals surface area contributed by atoms with Gasteiger partial charge in [0.2, 0.25) is 0 Å². The summed E-state index contributed by atoms with van der Waals surface area (Å²) in [5.74, 6) is 0.238. The Morgan fingerprint density at radius 1 is 1.17 bits per heavy atom. The highest BCUT2D eigenvalue weighted by atomic mass is 19.1. The lowest BCUT2D eigenvalue weighted by molar-refractivity contribution is 0.377. The second kappa shape index (κ2) is 8.53. The Kier molecular flexibility index (Phi) is 6.41. The molecule has 0 radical (unpaired) electrons. The summed E-state index contributed by atoms with van der Waals surface area (Å²) >= 11 is 0. The lowest BCUT2D eigenvalue weighted by atomic mass is 9.96. The molecule has 1 atom stereocenters. The maximum absolute atomic E-state index is 13.7. The summed E-state index contributed by atoms with van der Waals surface area (Å²) < 4.78 is 13.7. The second-order valence-electron chi connectivity index (χ2n) is 6.06. The molecule has 1 aromatic carbocycles. The van der Waals surface area contributed by atoms with Gasteiger partial charge >= 0.3 is 0 Å². The first-order valence-corrected chi connectivity index (χ1v) is 8.03. The van der Waals surface area contributed by atoms with E-state index in [1.165, 1.54) is 6.07 Å². The Hall–Kier alpha value is -2.07. The molecule has 4 heteroatoms. The standard InChI is InChI=1S/C19H24FN3/c1-14(2)18(23-13-15-7-3-4-8-16(15)20)11-10-17(21)19-9-5-6-12-22-19/h3-9,12,14,18,21,23H,10-11,13H2,1-2H3. The molecule has 1 aromatic heterocycles. The van der Waals surface area contributed by atoms with Gasteiger partial charge in [0, 0.05) is 24.3 Å². The Labute approximate surface area is 137 Å². The first-order valence-electron chi connectivity index (χ1n) is 8.03. The van der Waals surface area contributed by atoms with Crippen molar-refractivity contribution >= 4 is 5.71 Å². The summed E-state index contributed by atoms with van der Waals surface area (Å²) in [6, 6.07) is 12.7. The van der Waals surface area contributed by atoms with Crippen molar-refractivity contribution in [3.8, 4) is 0 Å². The number of hydrogen-bond acceptors (Lipinski definition) is 3. The zero-order valence-corrected chi connectivity index (χ0v) is 13.7. The number of halogens is 1. The third kappa shape index (κ3) is 5.25. The number of benzene rings is 1. The molecular weight excluding hydrogens is 289 g/mol. The van der Waals surface area contributed by atoms with Gasteiger partial charge in [0.25, 0.3) is 0 Å². The predicted octanol–water partition coefficient (Wildman–Crippen LogP) is 4.18. The molecule has 2 N–H and O–H groups in total. The van der Waals surface area contributed by atoms with Gasteiger partial charge in [-0.25, -0.2) is 4.39 Å². The minimum Gasteiger partial charge on any atom is -0.310 e. The van der Waals surface area contributed by atoms with E-state index in [0.29, 0.717) is 30.2 Å². The van der Waals surface area contributed by atoms with Crippen LogP contribution in [0.1, 0.15) is 37.9 Å². The molecule has 2 rings (SSSR count). The maximum Gasteiger partial charge on any atom is 0.127 e.